The third kappa shape index (κ3) is 2.73. The van der Waals surface area contributed by atoms with Gasteiger partial charge >= 0.3 is 0 Å². The Morgan fingerprint density at radius 2 is 2.36 bits per heavy atom. The fourth-order valence-corrected chi connectivity index (χ4v) is 0.989. The maximum Gasteiger partial charge on any atom is 0.241 e. The second-order valence-corrected chi connectivity index (χ2v) is 2.92. The fourth-order valence-electron chi connectivity index (χ4n) is 0.989. The Hall–Kier alpha value is -1.58. The van der Waals surface area contributed by atoms with Crippen molar-refractivity contribution in [2.75, 3.05) is 6.61 Å². The van der Waals surface area contributed by atoms with E-state index in [1.165, 1.54) is 6.20 Å². The van der Waals surface area contributed by atoms with Crippen molar-refractivity contribution in [2.45, 2.75) is 20.3 Å². The summed E-state index contributed by atoms with van der Waals surface area (Å²) in [6, 6.07) is 5.18. The number of pyridine rings is 1. The second kappa shape index (κ2) is 5.21. The molecule has 0 bridgehead atoms. The normalized spacial score (nSPS) is 11.4. The zero-order chi connectivity index (χ0) is 10.4. The molecule has 0 unspecified atom stereocenters. The van der Waals surface area contributed by atoms with Crippen LogP contribution in [-0.2, 0) is 4.84 Å². The van der Waals surface area contributed by atoms with Crippen LogP contribution in [0.25, 0.3) is 0 Å². The predicted molar refractivity (Wildman–Crippen MR) is 53.9 cm³/mol. The molecule has 0 saturated heterocycles. The summed E-state index contributed by atoms with van der Waals surface area (Å²) in [4.78, 5) is 4.99. The Morgan fingerprint density at radius 1 is 1.57 bits per heavy atom. The molecule has 1 rings (SSSR count). The van der Waals surface area contributed by atoms with Crippen molar-refractivity contribution in [1.82, 2.24) is 0 Å². The molecule has 0 fully saturated rings. The standard InChI is InChI=1S/C10H14N2O2/c1-3-8-14-11-9(2)10-6-4-5-7-12(10)13/h4-7H,3,8H2,1-2H3/b11-9-. The third-order valence-electron chi connectivity index (χ3n) is 1.69. The molecule has 4 nitrogen and oxygen atoms in total. The van der Waals surface area contributed by atoms with Gasteiger partial charge in [0.05, 0.1) is 0 Å². The number of nitrogens with zero attached hydrogens (tertiary/aromatic N) is 2. The summed E-state index contributed by atoms with van der Waals surface area (Å²) in [5, 5.41) is 15.1. The number of rotatable bonds is 4. The minimum atomic E-state index is 0.517. The first-order chi connectivity index (χ1) is 6.75. The maximum absolute atomic E-state index is 11.3. The van der Waals surface area contributed by atoms with Gasteiger partial charge in [-0.15, -0.1) is 0 Å². The topological polar surface area (TPSA) is 48.5 Å². The van der Waals surface area contributed by atoms with Crippen LogP contribution < -0.4 is 4.73 Å². The van der Waals surface area contributed by atoms with E-state index in [1.807, 2.05) is 6.92 Å². The van der Waals surface area contributed by atoms with Gasteiger partial charge in [-0.3, -0.25) is 0 Å². The first-order valence-electron chi connectivity index (χ1n) is 4.61. The van der Waals surface area contributed by atoms with E-state index in [2.05, 4.69) is 5.16 Å². The molecular formula is C10H14N2O2. The summed E-state index contributed by atoms with van der Waals surface area (Å²) < 4.78 is 0.772. The highest BCUT2D eigenvalue weighted by molar-refractivity contribution is 5.95. The van der Waals surface area contributed by atoms with Crippen molar-refractivity contribution in [3.8, 4) is 0 Å². The van der Waals surface area contributed by atoms with E-state index in [4.69, 9.17) is 4.84 Å². The van der Waals surface area contributed by atoms with Crippen LogP contribution >= 0.6 is 0 Å². The molecule has 0 radical (unpaired) electrons. The zero-order valence-corrected chi connectivity index (χ0v) is 8.43. The van der Waals surface area contributed by atoms with E-state index >= 15 is 0 Å². The number of aromatic nitrogens is 1. The van der Waals surface area contributed by atoms with Crippen LogP contribution in [0.1, 0.15) is 26.0 Å². The van der Waals surface area contributed by atoms with Gasteiger partial charge in [0, 0.05) is 12.1 Å². The largest absolute Gasteiger partial charge is 0.618 e. The van der Waals surface area contributed by atoms with Gasteiger partial charge in [-0.25, -0.2) is 0 Å². The van der Waals surface area contributed by atoms with Gasteiger partial charge in [-0.1, -0.05) is 12.1 Å². The van der Waals surface area contributed by atoms with Crippen LogP contribution in [0.4, 0.5) is 0 Å². The van der Waals surface area contributed by atoms with E-state index in [-0.39, 0.29) is 0 Å². The quantitative estimate of drug-likeness (QED) is 0.239. The van der Waals surface area contributed by atoms with E-state index in [0.29, 0.717) is 18.0 Å². The second-order valence-electron chi connectivity index (χ2n) is 2.92. The molecule has 0 aliphatic heterocycles. The molecule has 0 aromatic carbocycles. The minimum Gasteiger partial charge on any atom is -0.618 e. The first-order valence-corrected chi connectivity index (χ1v) is 4.61. The van der Waals surface area contributed by atoms with Crippen molar-refractivity contribution in [3.05, 3.63) is 35.3 Å². The van der Waals surface area contributed by atoms with Gasteiger partial charge in [-0.2, -0.15) is 4.73 Å². The molecule has 1 aromatic heterocycles. The first kappa shape index (κ1) is 10.5. The third-order valence-corrected chi connectivity index (χ3v) is 1.69. The van der Waals surface area contributed by atoms with E-state index in [1.54, 1.807) is 25.1 Å². The molecule has 1 heterocycles. The van der Waals surface area contributed by atoms with E-state index in [0.717, 1.165) is 11.2 Å². The van der Waals surface area contributed by atoms with Gasteiger partial charge in [0.25, 0.3) is 0 Å². The van der Waals surface area contributed by atoms with Crippen LogP contribution in [0.5, 0.6) is 0 Å². The van der Waals surface area contributed by atoms with Gasteiger partial charge in [-0.05, 0) is 19.4 Å². The van der Waals surface area contributed by atoms with Crippen molar-refractivity contribution >= 4 is 5.71 Å². The Bertz CT molecular complexity index is 324. The van der Waals surface area contributed by atoms with Crippen LogP contribution in [0.3, 0.4) is 0 Å². The zero-order valence-electron chi connectivity index (χ0n) is 8.43. The number of hydrogen-bond acceptors (Lipinski definition) is 3. The lowest BCUT2D eigenvalue weighted by Gasteiger charge is -2.02. The highest BCUT2D eigenvalue weighted by Gasteiger charge is 2.07. The summed E-state index contributed by atoms with van der Waals surface area (Å²) >= 11 is 0. The van der Waals surface area contributed by atoms with Crippen LogP contribution in [0, 0.1) is 5.21 Å². The van der Waals surface area contributed by atoms with E-state index in [9.17, 15) is 5.21 Å². The predicted octanol–water partition coefficient (Wildman–Crippen LogP) is 1.47. The van der Waals surface area contributed by atoms with Crippen molar-refractivity contribution in [3.63, 3.8) is 0 Å². The summed E-state index contributed by atoms with van der Waals surface area (Å²) in [6.45, 7) is 4.32. The van der Waals surface area contributed by atoms with Crippen LogP contribution in [0.2, 0.25) is 0 Å². The summed E-state index contributed by atoms with van der Waals surface area (Å²) in [5.41, 5.74) is 1.11. The van der Waals surface area contributed by atoms with Crippen molar-refractivity contribution in [1.29, 1.82) is 0 Å². The van der Waals surface area contributed by atoms with Crippen molar-refractivity contribution in [2.24, 2.45) is 5.16 Å². The summed E-state index contributed by atoms with van der Waals surface area (Å²) in [6.07, 6.45) is 2.34. The van der Waals surface area contributed by atoms with Gasteiger partial charge in [0.15, 0.2) is 6.20 Å². The summed E-state index contributed by atoms with van der Waals surface area (Å²) in [5.74, 6) is 0. The number of hydrogen-bond donors (Lipinski definition) is 0. The molecule has 0 atom stereocenters. The molecule has 0 spiro atoms. The average Bonchev–Trinajstić information content (AvgIpc) is 2.18. The maximum atomic E-state index is 11.3. The molecule has 14 heavy (non-hydrogen) atoms. The molecule has 0 saturated carbocycles. The Kier molecular flexibility index (Phi) is 3.91. The monoisotopic (exact) mass is 194 g/mol. The molecule has 4 heteroatoms. The Balaban J connectivity index is 2.73. The molecular weight excluding hydrogens is 180 g/mol. The number of oxime groups is 1. The Morgan fingerprint density at radius 3 is 3.00 bits per heavy atom. The molecule has 0 aliphatic carbocycles. The lowest BCUT2D eigenvalue weighted by atomic mass is 10.3. The van der Waals surface area contributed by atoms with Crippen LogP contribution in [-0.4, -0.2) is 12.3 Å². The minimum absolute atomic E-state index is 0.517. The highest BCUT2D eigenvalue weighted by Crippen LogP contribution is 1.95. The van der Waals surface area contributed by atoms with Crippen LogP contribution in [0.15, 0.2) is 29.6 Å². The van der Waals surface area contributed by atoms with Gasteiger partial charge < -0.3 is 10.0 Å². The van der Waals surface area contributed by atoms with Gasteiger partial charge in [0.2, 0.25) is 5.69 Å². The molecule has 0 N–H and O–H groups in total. The Labute approximate surface area is 83.4 Å². The smallest absolute Gasteiger partial charge is 0.241 e. The molecule has 0 aliphatic rings. The molecule has 0 amide bonds. The highest BCUT2D eigenvalue weighted by atomic mass is 16.6. The lowest BCUT2D eigenvalue weighted by molar-refractivity contribution is -0.606. The molecule has 1 aromatic rings. The molecule has 76 valence electrons. The van der Waals surface area contributed by atoms with Gasteiger partial charge in [0.1, 0.15) is 12.3 Å². The average molecular weight is 194 g/mol. The van der Waals surface area contributed by atoms with Crippen molar-refractivity contribution < 1.29 is 9.57 Å². The van der Waals surface area contributed by atoms with E-state index < -0.39 is 0 Å². The lowest BCUT2D eigenvalue weighted by Crippen LogP contribution is -2.33. The fraction of sp³-hybridized carbons (Fsp3) is 0.400. The SMILES string of the molecule is CCCO/N=C(/C)c1cccc[n+]1[O-]. The summed E-state index contributed by atoms with van der Waals surface area (Å²) in [7, 11) is 0.